The lowest BCUT2D eigenvalue weighted by atomic mass is 9.87. The monoisotopic (exact) mass is 376 g/mol. The molecule has 28 heavy (non-hydrogen) atoms. The van der Waals surface area contributed by atoms with E-state index in [1.165, 1.54) is 33.5 Å². The first-order chi connectivity index (χ1) is 13.5. The predicted molar refractivity (Wildman–Crippen MR) is 114 cm³/mol. The van der Waals surface area contributed by atoms with Gasteiger partial charge >= 0.3 is 0 Å². The summed E-state index contributed by atoms with van der Waals surface area (Å²) in [5.74, 6) is 0.710. The lowest BCUT2D eigenvalue weighted by molar-refractivity contribution is -0.890. The van der Waals surface area contributed by atoms with Gasteiger partial charge in [0.05, 0.1) is 20.6 Å². The zero-order valence-corrected chi connectivity index (χ0v) is 17.0. The van der Waals surface area contributed by atoms with Gasteiger partial charge in [-0.15, -0.1) is 0 Å². The Kier molecular flexibility index (Phi) is 5.23. The molecule has 4 rings (SSSR count). The summed E-state index contributed by atoms with van der Waals surface area (Å²) >= 11 is 0. The lowest BCUT2D eigenvalue weighted by Gasteiger charge is -2.22. The number of fused-ring (bicyclic) bond motifs is 3. The average Bonchev–Trinajstić information content (AvgIpc) is 3.05. The van der Waals surface area contributed by atoms with Gasteiger partial charge < -0.3 is 15.2 Å². The second-order valence-corrected chi connectivity index (χ2v) is 8.44. The third-order valence-corrected chi connectivity index (χ3v) is 6.06. The summed E-state index contributed by atoms with van der Waals surface area (Å²) in [5.41, 5.74) is 5.89. The van der Waals surface area contributed by atoms with E-state index in [0.29, 0.717) is 12.5 Å². The summed E-state index contributed by atoms with van der Waals surface area (Å²) in [6.45, 7) is 2.93. The van der Waals surface area contributed by atoms with E-state index in [0.717, 1.165) is 23.9 Å². The predicted octanol–water partition coefficient (Wildman–Crippen LogP) is 2.91. The number of rotatable bonds is 5. The third-order valence-electron chi connectivity index (χ3n) is 6.06. The Morgan fingerprint density at radius 3 is 2.75 bits per heavy atom. The topological polar surface area (TPSA) is 49.3 Å². The van der Waals surface area contributed by atoms with Crippen molar-refractivity contribution in [2.45, 2.75) is 32.2 Å². The van der Waals surface area contributed by atoms with Crippen molar-refractivity contribution in [3.63, 3.8) is 0 Å². The highest BCUT2D eigenvalue weighted by Gasteiger charge is 2.22. The van der Waals surface area contributed by atoms with Crippen molar-refractivity contribution in [3.8, 4) is 0 Å². The molecule has 1 aliphatic rings. The summed E-state index contributed by atoms with van der Waals surface area (Å²) in [6.07, 6.45) is 3.44. The van der Waals surface area contributed by atoms with Gasteiger partial charge in [-0.25, -0.2) is 0 Å². The number of hydrogen-bond donors (Lipinski definition) is 3. The van der Waals surface area contributed by atoms with Gasteiger partial charge in [0.25, 0.3) is 5.91 Å². The first-order valence-electron chi connectivity index (χ1n) is 10.3. The van der Waals surface area contributed by atoms with Crippen LogP contribution in [-0.2, 0) is 12.8 Å². The fourth-order valence-corrected chi connectivity index (χ4v) is 4.37. The molecule has 0 spiro atoms. The van der Waals surface area contributed by atoms with Crippen molar-refractivity contribution in [1.29, 1.82) is 0 Å². The average molecular weight is 377 g/mol. The number of aryl methyl sites for hydroxylation is 1. The maximum atomic E-state index is 12.9. The molecule has 0 aliphatic heterocycles. The van der Waals surface area contributed by atoms with Crippen LogP contribution in [0.4, 0.5) is 0 Å². The van der Waals surface area contributed by atoms with Gasteiger partial charge in [-0.2, -0.15) is 0 Å². The number of benzene rings is 2. The molecule has 0 saturated heterocycles. The molecular formula is C24H30N3O+. The van der Waals surface area contributed by atoms with Crippen LogP contribution in [0.1, 0.15) is 46.6 Å². The van der Waals surface area contributed by atoms with Gasteiger partial charge in [0.2, 0.25) is 0 Å². The highest BCUT2D eigenvalue weighted by atomic mass is 16.1. The van der Waals surface area contributed by atoms with Crippen LogP contribution in [0.15, 0.2) is 48.5 Å². The molecule has 3 aromatic rings. The van der Waals surface area contributed by atoms with E-state index in [1.807, 2.05) is 12.1 Å². The fraction of sp³-hybridized carbons (Fsp3) is 0.375. The van der Waals surface area contributed by atoms with Crippen LogP contribution in [0.5, 0.6) is 0 Å². The highest BCUT2D eigenvalue weighted by molar-refractivity contribution is 5.99. The first-order valence-corrected chi connectivity index (χ1v) is 10.3. The van der Waals surface area contributed by atoms with Crippen molar-refractivity contribution in [2.75, 3.05) is 20.6 Å². The molecule has 0 bridgehead atoms. The molecule has 1 heterocycles. The van der Waals surface area contributed by atoms with Gasteiger partial charge in [0.15, 0.2) is 0 Å². The van der Waals surface area contributed by atoms with Crippen LogP contribution in [0.3, 0.4) is 0 Å². The number of carbonyl (C=O) groups is 1. The molecule has 4 heteroatoms. The molecular weight excluding hydrogens is 346 g/mol. The van der Waals surface area contributed by atoms with E-state index in [1.54, 1.807) is 0 Å². The normalized spacial score (nSPS) is 17.5. The highest BCUT2D eigenvalue weighted by Crippen LogP contribution is 2.32. The number of quaternary nitrogens is 1. The summed E-state index contributed by atoms with van der Waals surface area (Å²) in [4.78, 5) is 17.7. The summed E-state index contributed by atoms with van der Waals surface area (Å²) in [5, 5.41) is 4.37. The number of aromatic amines is 1. The molecule has 0 unspecified atom stereocenters. The Morgan fingerprint density at radius 2 is 2.00 bits per heavy atom. The van der Waals surface area contributed by atoms with Crippen LogP contribution in [-0.4, -0.2) is 31.5 Å². The van der Waals surface area contributed by atoms with E-state index < -0.39 is 0 Å². The van der Waals surface area contributed by atoms with Gasteiger partial charge in [0.1, 0.15) is 6.04 Å². The van der Waals surface area contributed by atoms with Crippen LogP contribution in [0.25, 0.3) is 10.9 Å². The number of likely N-dealkylation sites (N-methyl/N-ethyl adjacent to an activating group) is 1. The quantitative estimate of drug-likeness (QED) is 0.630. The van der Waals surface area contributed by atoms with Crippen molar-refractivity contribution < 1.29 is 9.69 Å². The molecule has 1 amide bonds. The summed E-state index contributed by atoms with van der Waals surface area (Å²) < 4.78 is 0. The number of carbonyl (C=O) groups excluding carboxylic acids is 1. The Balaban J connectivity index is 1.53. The SMILES string of the molecule is C[C@H]1CCc2[nH]c3ccc(C(=O)NC[C@@H](c4ccccc4)[NH+](C)C)cc3c2C1. The molecule has 3 N–H and O–H groups in total. The second kappa shape index (κ2) is 7.80. The molecule has 146 valence electrons. The number of amides is 1. The largest absolute Gasteiger partial charge is 0.358 e. The van der Waals surface area contributed by atoms with Crippen molar-refractivity contribution in [2.24, 2.45) is 5.92 Å². The Morgan fingerprint density at radius 1 is 1.21 bits per heavy atom. The number of hydrogen-bond acceptors (Lipinski definition) is 1. The Hall–Kier alpha value is -2.59. The zero-order valence-electron chi connectivity index (χ0n) is 17.0. The maximum Gasteiger partial charge on any atom is 0.251 e. The molecule has 2 aromatic carbocycles. The number of aromatic nitrogens is 1. The first kappa shape index (κ1) is 18.8. The van der Waals surface area contributed by atoms with Gasteiger partial charge in [-0.05, 0) is 48.9 Å². The van der Waals surface area contributed by atoms with Crippen LogP contribution in [0, 0.1) is 5.92 Å². The van der Waals surface area contributed by atoms with E-state index in [4.69, 9.17) is 0 Å². The summed E-state index contributed by atoms with van der Waals surface area (Å²) in [7, 11) is 4.26. The Labute approximate surface area is 166 Å². The minimum atomic E-state index is 0.00268. The maximum absolute atomic E-state index is 12.9. The number of H-pyrrole nitrogens is 1. The van der Waals surface area contributed by atoms with Crippen LogP contribution in [0.2, 0.25) is 0 Å². The molecule has 1 aromatic heterocycles. The fourth-order valence-electron chi connectivity index (χ4n) is 4.37. The van der Waals surface area contributed by atoms with Crippen LogP contribution < -0.4 is 10.2 Å². The lowest BCUT2D eigenvalue weighted by Crippen LogP contribution is -3.07. The van der Waals surface area contributed by atoms with E-state index in [9.17, 15) is 4.79 Å². The van der Waals surface area contributed by atoms with E-state index in [-0.39, 0.29) is 11.9 Å². The molecule has 0 saturated carbocycles. The van der Waals surface area contributed by atoms with Crippen LogP contribution >= 0.6 is 0 Å². The third kappa shape index (κ3) is 3.69. The smallest absolute Gasteiger partial charge is 0.251 e. The van der Waals surface area contributed by atoms with Gasteiger partial charge in [0, 0.05) is 27.7 Å². The Bertz CT molecular complexity index is 974. The summed E-state index contributed by atoms with van der Waals surface area (Å²) in [6, 6.07) is 16.7. The number of nitrogens with one attached hydrogen (secondary N) is 3. The van der Waals surface area contributed by atoms with Gasteiger partial charge in [-0.3, -0.25) is 4.79 Å². The molecule has 0 fully saturated rings. The zero-order chi connectivity index (χ0) is 19.7. The van der Waals surface area contributed by atoms with Crippen molar-refractivity contribution in [1.82, 2.24) is 10.3 Å². The van der Waals surface area contributed by atoms with E-state index >= 15 is 0 Å². The van der Waals surface area contributed by atoms with Gasteiger partial charge in [-0.1, -0.05) is 37.3 Å². The molecule has 2 atom stereocenters. The van der Waals surface area contributed by atoms with E-state index in [2.05, 4.69) is 67.7 Å². The van der Waals surface area contributed by atoms with Crippen molar-refractivity contribution in [3.05, 3.63) is 70.9 Å². The molecule has 4 nitrogen and oxygen atoms in total. The standard InChI is InChI=1S/C24H29N3O/c1-16-9-11-21-19(13-16)20-14-18(10-12-22(20)26-21)24(28)25-15-23(27(2)3)17-7-5-4-6-8-17/h4-8,10,12,14,16,23,26H,9,11,13,15H2,1-3H3,(H,25,28)/p+1/t16-,23-/m0/s1. The molecule has 1 aliphatic carbocycles. The minimum absolute atomic E-state index is 0.00268. The van der Waals surface area contributed by atoms with Crippen molar-refractivity contribution >= 4 is 16.8 Å². The molecule has 0 radical (unpaired) electrons. The minimum Gasteiger partial charge on any atom is -0.358 e. The second-order valence-electron chi connectivity index (χ2n) is 8.44.